The van der Waals surface area contributed by atoms with Crippen molar-refractivity contribution in [3.05, 3.63) is 24.3 Å². The maximum Gasteiger partial charge on any atom is 0.00973 e. The molecule has 0 aromatic heterocycles. The van der Waals surface area contributed by atoms with Crippen LogP contribution >= 0.6 is 0 Å². The second-order valence-electron chi connectivity index (χ2n) is 3.96. The van der Waals surface area contributed by atoms with Crippen molar-refractivity contribution in [2.75, 3.05) is 0 Å². The van der Waals surface area contributed by atoms with Crippen LogP contribution < -0.4 is 5.73 Å². The van der Waals surface area contributed by atoms with Crippen LogP contribution in [0.5, 0.6) is 0 Å². The highest BCUT2D eigenvalue weighted by atomic mass is 14.7. The van der Waals surface area contributed by atoms with E-state index in [4.69, 9.17) is 5.73 Å². The minimum Gasteiger partial charge on any atom is -0.326 e. The summed E-state index contributed by atoms with van der Waals surface area (Å²) in [5, 5.41) is 0. The predicted octanol–water partition coefficient (Wildman–Crippen LogP) is 2.25. The Morgan fingerprint density at radius 2 is 1.82 bits per heavy atom. The lowest BCUT2D eigenvalue weighted by molar-refractivity contribution is 0.442. The molecule has 11 heavy (non-hydrogen) atoms. The standard InChI is InChI=1S/C10H17N/c1-10(2,11)8-7-9-5-3-4-6-9/h3-6,9H,7-8,11H2,1-2H3. The zero-order valence-electron chi connectivity index (χ0n) is 7.38. The van der Waals surface area contributed by atoms with E-state index in [1.54, 1.807) is 0 Å². The molecule has 0 fully saturated rings. The lowest BCUT2D eigenvalue weighted by Crippen LogP contribution is -2.31. The van der Waals surface area contributed by atoms with Crippen LogP contribution in [0, 0.1) is 5.92 Å². The van der Waals surface area contributed by atoms with Crippen molar-refractivity contribution in [3.63, 3.8) is 0 Å². The lowest BCUT2D eigenvalue weighted by Gasteiger charge is -2.19. The molecular formula is C10H17N. The van der Waals surface area contributed by atoms with Crippen molar-refractivity contribution in [1.82, 2.24) is 0 Å². The Bertz CT molecular complexity index is 160. The summed E-state index contributed by atoms with van der Waals surface area (Å²) in [4.78, 5) is 0. The zero-order chi connectivity index (χ0) is 8.32. The van der Waals surface area contributed by atoms with Crippen LogP contribution in [0.25, 0.3) is 0 Å². The zero-order valence-corrected chi connectivity index (χ0v) is 7.38. The molecule has 0 saturated carbocycles. The molecule has 0 saturated heterocycles. The molecule has 2 N–H and O–H groups in total. The van der Waals surface area contributed by atoms with Crippen LogP contribution in [0.15, 0.2) is 24.3 Å². The molecule has 0 aromatic carbocycles. The van der Waals surface area contributed by atoms with Crippen LogP contribution in [-0.4, -0.2) is 5.54 Å². The molecule has 62 valence electrons. The van der Waals surface area contributed by atoms with Gasteiger partial charge < -0.3 is 5.73 Å². The first-order valence-electron chi connectivity index (χ1n) is 4.22. The largest absolute Gasteiger partial charge is 0.326 e. The number of hydrogen-bond acceptors (Lipinski definition) is 1. The first-order valence-corrected chi connectivity index (χ1v) is 4.22. The number of rotatable bonds is 3. The van der Waals surface area contributed by atoms with E-state index in [0.717, 1.165) is 6.42 Å². The van der Waals surface area contributed by atoms with E-state index < -0.39 is 0 Å². The minimum absolute atomic E-state index is 0.00965. The Morgan fingerprint density at radius 1 is 1.27 bits per heavy atom. The van der Waals surface area contributed by atoms with Gasteiger partial charge in [-0.2, -0.15) is 0 Å². The highest BCUT2D eigenvalue weighted by molar-refractivity contribution is 5.17. The van der Waals surface area contributed by atoms with E-state index in [9.17, 15) is 0 Å². The molecule has 1 heteroatoms. The Kier molecular flexibility index (Phi) is 2.50. The van der Waals surface area contributed by atoms with Gasteiger partial charge in [0.2, 0.25) is 0 Å². The first kappa shape index (κ1) is 8.54. The molecule has 0 aliphatic heterocycles. The van der Waals surface area contributed by atoms with Crippen molar-refractivity contribution in [2.45, 2.75) is 32.2 Å². The van der Waals surface area contributed by atoms with E-state index in [0.29, 0.717) is 5.92 Å². The molecule has 0 unspecified atom stereocenters. The third kappa shape index (κ3) is 3.38. The summed E-state index contributed by atoms with van der Waals surface area (Å²) >= 11 is 0. The minimum atomic E-state index is -0.00965. The Balaban J connectivity index is 2.23. The molecule has 1 rings (SSSR count). The number of nitrogens with two attached hydrogens (primary N) is 1. The molecule has 0 aromatic rings. The van der Waals surface area contributed by atoms with Gasteiger partial charge >= 0.3 is 0 Å². The normalized spacial score (nSPS) is 18.1. The van der Waals surface area contributed by atoms with Gasteiger partial charge in [-0.05, 0) is 32.6 Å². The number of allylic oxidation sites excluding steroid dienone is 4. The second-order valence-corrected chi connectivity index (χ2v) is 3.96. The van der Waals surface area contributed by atoms with E-state index in [-0.39, 0.29) is 5.54 Å². The topological polar surface area (TPSA) is 26.0 Å². The molecule has 1 aliphatic carbocycles. The van der Waals surface area contributed by atoms with Gasteiger partial charge in [-0.3, -0.25) is 0 Å². The van der Waals surface area contributed by atoms with Gasteiger partial charge in [0.05, 0.1) is 0 Å². The maximum atomic E-state index is 5.87. The van der Waals surface area contributed by atoms with Gasteiger partial charge in [0.15, 0.2) is 0 Å². The van der Waals surface area contributed by atoms with Crippen molar-refractivity contribution >= 4 is 0 Å². The van der Waals surface area contributed by atoms with E-state index in [1.165, 1.54) is 6.42 Å². The summed E-state index contributed by atoms with van der Waals surface area (Å²) in [6.07, 6.45) is 10.9. The molecule has 1 nitrogen and oxygen atoms in total. The summed E-state index contributed by atoms with van der Waals surface area (Å²) in [5.74, 6) is 0.637. The predicted molar refractivity (Wildman–Crippen MR) is 49.3 cm³/mol. The SMILES string of the molecule is CC(C)(N)CCC1C=CC=C1. The third-order valence-electron chi connectivity index (χ3n) is 1.95. The summed E-state index contributed by atoms with van der Waals surface area (Å²) in [5.41, 5.74) is 5.86. The fraction of sp³-hybridized carbons (Fsp3) is 0.600. The highest BCUT2D eigenvalue weighted by Crippen LogP contribution is 2.19. The smallest absolute Gasteiger partial charge is 0.00973 e. The van der Waals surface area contributed by atoms with Crippen LogP contribution in [0.2, 0.25) is 0 Å². The number of hydrogen-bond donors (Lipinski definition) is 1. The summed E-state index contributed by atoms with van der Waals surface area (Å²) in [6, 6.07) is 0. The molecule has 0 atom stereocenters. The van der Waals surface area contributed by atoms with Crippen LogP contribution in [-0.2, 0) is 0 Å². The average Bonchev–Trinajstić information content (AvgIpc) is 2.32. The maximum absolute atomic E-state index is 5.87. The van der Waals surface area contributed by atoms with Crippen LogP contribution in [0.4, 0.5) is 0 Å². The molecular weight excluding hydrogens is 134 g/mol. The molecule has 0 heterocycles. The van der Waals surface area contributed by atoms with Gasteiger partial charge in [0, 0.05) is 5.54 Å². The fourth-order valence-corrected chi connectivity index (χ4v) is 1.21. The molecule has 0 amide bonds. The monoisotopic (exact) mass is 151 g/mol. The van der Waals surface area contributed by atoms with E-state index in [1.807, 2.05) is 0 Å². The van der Waals surface area contributed by atoms with E-state index in [2.05, 4.69) is 38.2 Å². The van der Waals surface area contributed by atoms with Crippen molar-refractivity contribution < 1.29 is 0 Å². The first-order chi connectivity index (χ1) is 5.08. The van der Waals surface area contributed by atoms with Gasteiger partial charge in [-0.15, -0.1) is 0 Å². The summed E-state index contributed by atoms with van der Waals surface area (Å²) in [6.45, 7) is 4.16. The van der Waals surface area contributed by atoms with Crippen molar-refractivity contribution in [2.24, 2.45) is 11.7 Å². The lowest BCUT2D eigenvalue weighted by atomic mass is 9.94. The molecule has 0 spiro atoms. The highest BCUT2D eigenvalue weighted by Gasteiger charge is 2.12. The Morgan fingerprint density at radius 3 is 2.27 bits per heavy atom. The molecule has 0 radical (unpaired) electrons. The quantitative estimate of drug-likeness (QED) is 0.657. The Labute approximate surface area is 69.0 Å². The van der Waals surface area contributed by atoms with Crippen LogP contribution in [0.3, 0.4) is 0 Å². The third-order valence-corrected chi connectivity index (χ3v) is 1.95. The van der Waals surface area contributed by atoms with Crippen LogP contribution in [0.1, 0.15) is 26.7 Å². The van der Waals surface area contributed by atoms with Crippen molar-refractivity contribution in [3.8, 4) is 0 Å². The van der Waals surface area contributed by atoms with Gasteiger partial charge in [-0.1, -0.05) is 24.3 Å². The Hall–Kier alpha value is -0.560. The van der Waals surface area contributed by atoms with Gasteiger partial charge in [0.25, 0.3) is 0 Å². The van der Waals surface area contributed by atoms with E-state index >= 15 is 0 Å². The van der Waals surface area contributed by atoms with Gasteiger partial charge in [0.1, 0.15) is 0 Å². The summed E-state index contributed by atoms with van der Waals surface area (Å²) < 4.78 is 0. The van der Waals surface area contributed by atoms with Crippen molar-refractivity contribution in [1.29, 1.82) is 0 Å². The van der Waals surface area contributed by atoms with Gasteiger partial charge in [-0.25, -0.2) is 0 Å². The average molecular weight is 151 g/mol. The second kappa shape index (κ2) is 3.22. The summed E-state index contributed by atoms with van der Waals surface area (Å²) in [7, 11) is 0. The molecule has 0 bridgehead atoms. The molecule has 1 aliphatic rings. The fourth-order valence-electron chi connectivity index (χ4n) is 1.21.